The Hall–Kier alpha value is -2.73. The molecule has 2 aromatic carbocycles. The largest absolute Gasteiger partial charge is 0.508 e. The van der Waals surface area contributed by atoms with Gasteiger partial charge in [0.15, 0.2) is 6.61 Å². The van der Waals surface area contributed by atoms with Gasteiger partial charge in [-0.05, 0) is 55.8 Å². The summed E-state index contributed by atoms with van der Waals surface area (Å²) in [6, 6.07) is 14.5. The van der Waals surface area contributed by atoms with Gasteiger partial charge in [0.1, 0.15) is 17.2 Å². The van der Waals surface area contributed by atoms with Crippen molar-refractivity contribution in [3.05, 3.63) is 54.1 Å². The quantitative estimate of drug-likeness (QED) is 0.474. The summed E-state index contributed by atoms with van der Waals surface area (Å²) in [5.74, 6) is 1.14. The monoisotopic (exact) mass is 359 g/mol. The van der Waals surface area contributed by atoms with Crippen molar-refractivity contribution in [1.29, 1.82) is 0 Å². The van der Waals surface area contributed by atoms with Crippen LogP contribution < -0.4 is 14.8 Å². The van der Waals surface area contributed by atoms with Gasteiger partial charge in [-0.1, -0.05) is 18.2 Å². The number of nitrogens with one attached hydrogen (secondary N) is 1. The van der Waals surface area contributed by atoms with Gasteiger partial charge in [0.2, 0.25) is 0 Å². The van der Waals surface area contributed by atoms with Crippen LogP contribution in [0.4, 0.5) is 0 Å². The zero-order chi connectivity index (χ0) is 18.6. The number of carbonyl (C=O) groups is 1. The topological polar surface area (TPSA) is 77.0 Å². The first-order valence-corrected chi connectivity index (χ1v) is 8.58. The van der Waals surface area contributed by atoms with Gasteiger partial charge >= 0.3 is 5.97 Å². The van der Waals surface area contributed by atoms with Crippen LogP contribution in [0.5, 0.6) is 17.2 Å². The molecule has 0 aliphatic rings. The van der Waals surface area contributed by atoms with Crippen LogP contribution in [0, 0.1) is 0 Å². The fourth-order valence-corrected chi connectivity index (χ4v) is 2.27. The minimum absolute atomic E-state index is 0.0813. The highest BCUT2D eigenvalue weighted by molar-refractivity contribution is 5.70. The normalized spacial score (nSPS) is 10.3. The van der Waals surface area contributed by atoms with Gasteiger partial charge in [-0.25, -0.2) is 4.79 Å². The van der Waals surface area contributed by atoms with Crippen LogP contribution in [0.3, 0.4) is 0 Å². The molecule has 2 N–H and O–H groups in total. The van der Waals surface area contributed by atoms with Crippen molar-refractivity contribution in [3.8, 4) is 17.2 Å². The second-order valence-corrected chi connectivity index (χ2v) is 5.71. The van der Waals surface area contributed by atoms with Crippen LogP contribution in [0.1, 0.15) is 12.0 Å². The average Bonchev–Trinajstić information content (AvgIpc) is 2.66. The third kappa shape index (κ3) is 7.44. The molecule has 0 radical (unpaired) electrons. The predicted molar refractivity (Wildman–Crippen MR) is 98.7 cm³/mol. The van der Waals surface area contributed by atoms with Crippen LogP contribution in [0.2, 0.25) is 0 Å². The van der Waals surface area contributed by atoms with Gasteiger partial charge in [-0.15, -0.1) is 0 Å². The Balaban J connectivity index is 1.54. The van der Waals surface area contributed by atoms with E-state index < -0.39 is 5.97 Å². The van der Waals surface area contributed by atoms with E-state index in [1.807, 2.05) is 30.3 Å². The number of aromatic hydroxyl groups is 1. The molecule has 0 spiro atoms. The molecule has 0 amide bonds. The van der Waals surface area contributed by atoms with Gasteiger partial charge in [-0.2, -0.15) is 0 Å². The van der Waals surface area contributed by atoms with Crippen molar-refractivity contribution in [3.63, 3.8) is 0 Å². The lowest BCUT2D eigenvalue weighted by Gasteiger charge is -2.08. The Morgan fingerprint density at radius 1 is 1.04 bits per heavy atom. The van der Waals surface area contributed by atoms with Crippen molar-refractivity contribution in [2.24, 2.45) is 0 Å². The number of methoxy groups -OCH3 is 1. The maximum absolute atomic E-state index is 11.0. The molecule has 0 aliphatic carbocycles. The molecule has 0 bridgehead atoms. The molecule has 6 nitrogen and oxygen atoms in total. The molecule has 140 valence electrons. The van der Waals surface area contributed by atoms with Crippen molar-refractivity contribution in [2.75, 3.05) is 33.4 Å². The van der Waals surface area contributed by atoms with Gasteiger partial charge < -0.3 is 24.6 Å². The van der Waals surface area contributed by atoms with Crippen molar-refractivity contribution < 1.29 is 24.1 Å². The summed E-state index contributed by atoms with van der Waals surface area (Å²) in [6.45, 7) is 2.25. The Kier molecular flexibility index (Phi) is 8.29. The number of benzene rings is 2. The summed E-state index contributed by atoms with van der Waals surface area (Å²) in [6.07, 6.45) is 1.79. The molecule has 0 heterocycles. The molecule has 0 aromatic heterocycles. The molecule has 2 rings (SSSR count). The number of phenolic OH excluding ortho intramolecular Hbond substituents is 1. The Morgan fingerprint density at radius 2 is 1.85 bits per heavy atom. The third-order valence-corrected chi connectivity index (χ3v) is 3.68. The maximum atomic E-state index is 11.0. The summed E-state index contributed by atoms with van der Waals surface area (Å²) in [4.78, 5) is 11.0. The Labute approximate surface area is 153 Å². The standard InChI is InChI=1S/C20H25NO5/c1-24-20(23)15-26-18-8-6-16(7-9-18)10-12-21-11-3-13-25-19-5-2-4-17(22)14-19/h2,4-9,14,21-22H,3,10-13,15H2,1H3. The first-order valence-electron chi connectivity index (χ1n) is 8.58. The first kappa shape index (κ1) is 19.6. The zero-order valence-electron chi connectivity index (χ0n) is 14.9. The highest BCUT2D eigenvalue weighted by atomic mass is 16.6. The minimum atomic E-state index is -0.397. The summed E-state index contributed by atoms with van der Waals surface area (Å²) in [5.41, 5.74) is 1.19. The summed E-state index contributed by atoms with van der Waals surface area (Å²) >= 11 is 0. The van der Waals surface area contributed by atoms with Crippen molar-refractivity contribution in [1.82, 2.24) is 5.32 Å². The van der Waals surface area contributed by atoms with Crippen molar-refractivity contribution >= 4 is 5.97 Å². The fraction of sp³-hybridized carbons (Fsp3) is 0.350. The molecule has 2 aromatic rings. The average molecular weight is 359 g/mol. The van der Waals surface area contributed by atoms with Crippen LogP contribution >= 0.6 is 0 Å². The van der Waals surface area contributed by atoms with Crippen LogP contribution in [0.15, 0.2) is 48.5 Å². The van der Waals surface area contributed by atoms with Crippen LogP contribution in [-0.2, 0) is 16.0 Å². The Morgan fingerprint density at radius 3 is 2.58 bits per heavy atom. The number of carbonyl (C=O) groups excluding carboxylic acids is 1. The van der Waals surface area contributed by atoms with Crippen LogP contribution in [-0.4, -0.2) is 44.5 Å². The lowest BCUT2D eigenvalue weighted by molar-refractivity contribution is -0.142. The number of hydrogen-bond acceptors (Lipinski definition) is 6. The van der Waals surface area contributed by atoms with Gasteiger partial charge in [-0.3, -0.25) is 0 Å². The highest BCUT2D eigenvalue weighted by Gasteiger charge is 2.02. The van der Waals surface area contributed by atoms with Gasteiger partial charge in [0, 0.05) is 6.07 Å². The van der Waals surface area contributed by atoms with E-state index in [1.165, 1.54) is 12.7 Å². The predicted octanol–water partition coefficient (Wildman–Crippen LogP) is 2.55. The summed E-state index contributed by atoms with van der Waals surface area (Å²) < 4.78 is 15.4. The highest BCUT2D eigenvalue weighted by Crippen LogP contribution is 2.17. The molecule has 0 unspecified atom stereocenters. The third-order valence-electron chi connectivity index (χ3n) is 3.68. The molecule has 0 aliphatic heterocycles. The number of hydrogen-bond donors (Lipinski definition) is 2. The molecule has 0 saturated heterocycles. The first-order chi connectivity index (χ1) is 12.7. The maximum Gasteiger partial charge on any atom is 0.343 e. The Bertz CT molecular complexity index is 672. The second kappa shape index (κ2) is 11.0. The summed E-state index contributed by atoms with van der Waals surface area (Å²) in [7, 11) is 1.33. The molecule has 0 fully saturated rings. The van der Waals surface area contributed by atoms with E-state index in [1.54, 1.807) is 18.2 Å². The van der Waals surface area contributed by atoms with E-state index in [0.717, 1.165) is 25.9 Å². The molecule has 0 atom stereocenters. The molecule has 26 heavy (non-hydrogen) atoms. The number of rotatable bonds is 11. The zero-order valence-corrected chi connectivity index (χ0v) is 14.9. The van der Waals surface area contributed by atoms with E-state index in [2.05, 4.69) is 10.1 Å². The lowest BCUT2D eigenvalue weighted by Crippen LogP contribution is -2.20. The van der Waals surface area contributed by atoms with E-state index in [0.29, 0.717) is 18.1 Å². The van der Waals surface area contributed by atoms with Crippen molar-refractivity contribution in [2.45, 2.75) is 12.8 Å². The van der Waals surface area contributed by atoms with E-state index >= 15 is 0 Å². The van der Waals surface area contributed by atoms with Crippen LogP contribution in [0.25, 0.3) is 0 Å². The van der Waals surface area contributed by atoms with E-state index in [4.69, 9.17) is 9.47 Å². The summed E-state index contributed by atoms with van der Waals surface area (Å²) in [5, 5.41) is 12.7. The number of esters is 1. The number of phenols is 1. The van der Waals surface area contributed by atoms with Gasteiger partial charge in [0.25, 0.3) is 0 Å². The SMILES string of the molecule is COC(=O)COc1ccc(CCNCCCOc2cccc(O)c2)cc1. The fourth-order valence-electron chi connectivity index (χ4n) is 2.27. The van der Waals surface area contributed by atoms with Gasteiger partial charge in [0.05, 0.1) is 13.7 Å². The van der Waals surface area contributed by atoms with E-state index in [-0.39, 0.29) is 12.4 Å². The molecule has 0 saturated carbocycles. The lowest BCUT2D eigenvalue weighted by atomic mass is 10.1. The molecular weight excluding hydrogens is 334 g/mol. The molecule has 6 heteroatoms. The number of ether oxygens (including phenoxy) is 3. The second-order valence-electron chi connectivity index (χ2n) is 5.71. The molecular formula is C20H25NO5. The van der Waals surface area contributed by atoms with E-state index in [9.17, 15) is 9.90 Å². The minimum Gasteiger partial charge on any atom is -0.508 e. The smallest absolute Gasteiger partial charge is 0.343 e.